The van der Waals surface area contributed by atoms with Gasteiger partial charge in [-0.2, -0.15) is 0 Å². The zero-order valence-corrected chi connectivity index (χ0v) is 11.1. The molecular formula is C12H27NO3. The Morgan fingerprint density at radius 3 is 1.94 bits per heavy atom. The SMILES string of the molecule is CC(C)NCCOCCOCCOC(C)C. The van der Waals surface area contributed by atoms with E-state index in [-0.39, 0.29) is 6.10 Å². The molecule has 0 aromatic heterocycles. The molecule has 0 saturated carbocycles. The average molecular weight is 233 g/mol. The first-order valence-electron chi connectivity index (χ1n) is 6.13. The van der Waals surface area contributed by atoms with Gasteiger partial charge in [-0.15, -0.1) is 0 Å². The second-order valence-corrected chi connectivity index (χ2v) is 4.25. The third kappa shape index (κ3) is 13.8. The lowest BCUT2D eigenvalue weighted by molar-refractivity contribution is -0.00114. The maximum absolute atomic E-state index is 5.38. The maximum atomic E-state index is 5.38. The Balaban J connectivity index is 2.93. The standard InChI is InChI=1S/C12H27NO3/c1-11(2)13-5-6-14-7-8-15-9-10-16-12(3)4/h11-13H,5-10H2,1-4H3. The molecule has 0 fully saturated rings. The number of ether oxygens (including phenoxy) is 3. The molecule has 0 aromatic carbocycles. The zero-order valence-electron chi connectivity index (χ0n) is 11.1. The van der Waals surface area contributed by atoms with E-state index in [4.69, 9.17) is 14.2 Å². The Bertz CT molecular complexity index is 124. The second-order valence-electron chi connectivity index (χ2n) is 4.25. The Labute approximate surface area is 99.6 Å². The molecule has 0 aromatic rings. The summed E-state index contributed by atoms with van der Waals surface area (Å²) in [5, 5.41) is 3.28. The molecule has 16 heavy (non-hydrogen) atoms. The van der Waals surface area contributed by atoms with Gasteiger partial charge in [-0.1, -0.05) is 13.8 Å². The smallest absolute Gasteiger partial charge is 0.0703 e. The minimum absolute atomic E-state index is 0.280. The first kappa shape index (κ1) is 15.8. The van der Waals surface area contributed by atoms with Crippen molar-refractivity contribution in [1.82, 2.24) is 5.32 Å². The molecular weight excluding hydrogens is 206 g/mol. The van der Waals surface area contributed by atoms with E-state index in [1.807, 2.05) is 13.8 Å². The molecule has 4 heteroatoms. The average Bonchev–Trinajstić information content (AvgIpc) is 2.20. The van der Waals surface area contributed by atoms with Crippen molar-refractivity contribution in [2.75, 3.05) is 39.6 Å². The predicted octanol–water partition coefficient (Wildman–Crippen LogP) is 1.44. The fourth-order valence-corrected chi connectivity index (χ4v) is 1.08. The third-order valence-corrected chi connectivity index (χ3v) is 1.85. The summed E-state index contributed by atoms with van der Waals surface area (Å²) in [6.07, 6.45) is 0.280. The summed E-state index contributed by atoms with van der Waals surface area (Å²) in [6, 6.07) is 0.521. The van der Waals surface area contributed by atoms with E-state index in [1.54, 1.807) is 0 Å². The van der Waals surface area contributed by atoms with E-state index in [1.165, 1.54) is 0 Å². The monoisotopic (exact) mass is 233 g/mol. The Morgan fingerprint density at radius 2 is 1.38 bits per heavy atom. The van der Waals surface area contributed by atoms with Gasteiger partial charge in [-0.25, -0.2) is 0 Å². The van der Waals surface area contributed by atoms with Crippen LogP contribution in [-0.4, -0.2) is 51.7 Å². The number of nitrogens with one attached hydrogen (secondary N) is 1. The molecule has 1 N–H and O–H groups in total. The summed E-state index contributed by atoms with van der Waals surface area (Å²) in [7, 11) is 0. The second kappa shape index (κ2) is 11.3. The highest BCUT2D eigenvalue weighted by atomic mass is 16.5. The van der Waals surface area contributed by atoms with Crippen molar-refractivity contribution in [3.05, 3.63) is 0 Å². The molecule has 0 aliphatic rings. The van der Waals surface area contributed by atoms with Crippen molar-refractivity contribution >= 4 is 0 Å². The topological polar surface area (TPSA) is 39.7 Å². The Morgan fingerprint density at radius 1 is 0.812 bits per heavy atom. The number of hydrogen-bond donors (Lipinski definition) is 1. The highest BCUT2D eigenvalue weighted by Crippen LogP contribution is 1.87. The lowest BCUT2D eigenvalue weighted by atomic mass is 10.4. The molecule has 0 unspecified atom stereocenters. The zero-order chi connectivity index (χ0) is 12.2. The lowest BCUT2D eigenvalue weighted by Gasteiger charge is -2.09. The van der Waals surface area contributed by atoms with Crippen molar-refractivity contribution in [2.24, 2.45) is 0 Å². The van der Waals surface area contributed by atoms with Crippen molar-refractivity contribution in [3.8, 4) is 0 Å². The van der Waals surface area contributed by atoms with Crippen LogP contribution in [0, 0.1) is 0 Å². The molecule has 0 radical (unpaired) electrons. The molecule has 0 bridgehead atoms. The van der Waals surface area contributed by atoms with Crippen LogP contribution in [-0.2, 0) is 14.2 Å². The molecule has 0 spiro atoms. The van der Waals surface area contributed by atoms with E-state index >= 15 is 0 Å². The van der Waals surface area contributed by atoms with Crippen LogP contribution < -0.4 is 5.32 Å². The molecule has 0 atom stereocenters. The van der Waals surface area contributed by atoms with Crippen LogP contribution in [0.4, 0.5) is 0 Å². The summed E-state index contributed by atoms with van der Waals surface area (Å²) in [5.41, 5.74) is 0. The van der Waals surface area contributed by atoms with Gasteiger partial charge in [0.25, 0.3) is 0 Å². The van der Waals surface area contributed by atoms with Gasteiger partial charge in [0, 0.05) is 12.6 Å². The van der Waals surface area contributed by atoms with Gasteiger partial charge in [0.2, 0.25) is 0 Å². The highest BCUT2D eigenvalue weighted by molar-refractivity contribution is 4.50. The normalized spacial score (nSPS) is 11.6. The van der Waals surface area contributed by atoms with Crippen LogP contribution in [0.5, 0.6) is 0 Å². The number of hydrogen-bond acceptors (Lipinski definition) is 4. The number of rotatable bonds is 11. The summed E-state index contributed by atoms with van der Waals surface area (Å²) in [6.45, 7) is 12.5. The summed E-state index contributed by atoms with van der Waals surface area (Å²) < 4.78 is 16.1. The van der Waals surface area contributed by atoms with Gasteiger partial charge in [0.1, 0.15) is 0 Å². The van der Waals surface area contributed by atoms with Gasteiger partial charge in [-0.05, 0) is 13.8 Å². The third-order valence-electron chi connectivity index (χ3n) is 1.85. The predicted molar refractivity (Wildman–Crippen MR) is 65.9 cm³/mol. The van der Waals surface area contributed by atoms with Gasteiger partial charge < -0.3 is 19.5 Å². The first-order chi connectivity index (χ1) is 7.63. The van der Waals surface area contributed by atoms with Gasteiger partial charge in [0.05, 0.1) is 39.1 Å². The molecule has 0 heterocycles. The molecule has 0 aliphatic heterocycles. The summed E-state index contributed by atoms with van der Waals surface area (Å²) in [4.78, 5) is 0. The maximum Gasteiger partial charge on any atom is 0.0703 e. The van der Waals surface area contributed by atoms with E-state index in [9.17, 15) is 0 Å². The van der Waals surface area contributed by atoms with Gasteiger partial charge >= 0.3 is 0 Å². The van der Waals surface area contributed by atoms with Crippen molar-refractivity contribution in [2.45, 2.75) is 39.8 Å². The first-order valence-corrected chi connectivity index (χ1v) is 6.13. The quantitative estimate of drug-likeness (QED) is 0.548. The van der Waals surface area contributed by atoms with Crippen LogP contribution in [0.25, 0.3) is 0 Å². The fourth-order valence-electron chi connectivity index (χ4n) is 1.08. The van der Waals surface area contributed by atoms with E-state index in [0.29, 0.717) is 32.5 Å². The minimum atomic E-state index is 0.280. The van der Waals surface area contributed by atoms with Gasteiger partial charge in [-0.3, -0.25) is 0 Å². The molecule has 0 amide bonds. The molecule has 98 valence electrons. The van der Waals surface area contributed by atoms with Crippen LogP contribution in [0.2, 0.25) is 0 Å². The fraction of sp³-hybridized carbons (Fsp3) is 1.00. The van der Waals surface area contributed by atoms with Crippen molar-refractivity contribution in [3.63, 3.8) is 0 Å². The summed E-state index contributed by atoms with van der Waals surface area (Å²) in [5.74, 6) is 0. The largest absolute Gasteiger partial charge is 0.378 e. The van der Waals surface area contributed by atoms with Crippen LogP contribution in [0.15, 0.2) is 0 Å². The Kier molecular flexibility index (Phi) is 11.2. The van der Waals surface area contributed by atoms with Crippen molar-refractivity contribution < 1.29 is 14.2 Å². The summed E-state index contributed by atoms with van der Waals surface area (Å²) >= 11 is 0. The minimum Gasteiger partial charge on any atom is -0.378 e. The van der Waals surface area contributed by atoms with E-state index < -0.39 is 0 Å². The molecule has 4 nitrogen and oxygen atoms in total. The van der Waals surface area contributed by atoms with E-state index in [0.717, 1.165) is 13.2 Å². The highest BCUT2D eigenvalue weighted by Gasteiger charge is 1.94. The van der Waals surface area contributed by atoms with Crippen LogP contribution >= 0.6 is 0 Å². The van der Waals surface area contributed by atoms with Crippen molar-refractivity contribution in [1.29, 1.82) is 0 Å². The van der Waals surface area contributed by atoms with E-state index in [2.05, 4.69) is 19.2 Å². The van der Waals surface area contributed by atoms with Crippen LogP contribution in [0.3, 0.4) is 0 Å². The lowest BCUT2D eigenvalue weighted by Crippen LogP contribution is -2.27. The van der Waals surface area contributed by atoms with Gasteiger partial charge in [0.15, 0.2) is 0 Å². The van der Waals surface area contributed by atoms with Crippen LogP contribution in [0.1, 0.15) is 27.7 Å². The molecule has 0 saturated heterocycles. The molecule has 0 aliphatic carbocycles. The Hall–Kier alpha value is -0.160. The molecule has 0 rings (SSSR count).